The molecule has 4 nitrogen and oxygen atoms in total. The van der Waals surface area contributed by atoms with Crippen molar-refractivity contribution in [2.45, 2.75) is 13.8 Å². The van der Waals surface area contributed by atoms with E-state index in [2.05, 4.69) is 20.9 Å². The van der Waals surface area contributed by atoms with Crippen molar-refractivity contribution in [2.75, 3.05) is 6.61 Å². The fraction of sp³-hybridized carbons (Fsp3) is 0.250. The first-order valence-electron chi connectivity index (χ1n) is 5.05. The molecule has 1 aromatic heterocycles. The van der Waals surface area contributed by atoms with Crippen LogP contribution in [-0.4, -0.2) is 23.3 Å². The zero-order chi connectivity index (χ0) is 12.8. The molecule has 0 atom stereocenters. The van der Waals surface area contributed by atoms with Gasteiger partial charge in [0, 0.05) is 16.9 Å². The summed E-state index contributed by atoms with van der Waals surface area (Å²) in [4.78, 5) is 26.8. The number of esters is 1. The molecule has 0 saturated heterocycles. The van der Waals surface area contributed by atoms with Crippen LogP contribution in [0.25, 0.3) is 6.08 Å². The molecule has 0 amide bonds. The second-order valence-corrected chi connectivity index (χ2v) is 4.19. The molecule has 0 N–H and O–H groups in total. The molecule has 1 heterocycles. The topological polar surface area (TPSA) is 56.3 Å². The predicted molar refractivity (Wildman–Crippen MR) is 67.2 cm³/mol. The number of hydrogen-bond donors (Lipinski definition) is 0. The average Bonchev–Trinajstić information content (AvgIpc) is 2.26. The predicted octanol–water partition coefficient (Wildman–Crippen LogP) is 2.38. The summed E-state index contributed by atoms with van der Waals surface area (Å²) in [7, 11) is 0. The minimum Gasteiger partial charge on any atom is -0.462 e. The van der Waals surface area contributed by atoms with Gasteiger partial charge >= 0.3 is 5.97 Å². The van der Waals surface area contributed by atoms with Crippen molar-refractivity contribution < 1.29 is 14.3 Å². The van der Waals surface area contributed by atoms with Crippen molar-refractivity contribution in [3.63, 3.8) is 0 Å². The van der Waals surface area contributed by atoms with Gasteiger partial charge in [-0.2, -0.15) is 0 Å². The minimum atomic E-state index is -0.611. The molecule has 0 saturated carbocycles. The lowest BCUT2D eigenvalue weighted by Gasteiger charge is -2.03. The summed E-state index contributed by atoms with van der Waals surface area (Å²) < 4.78 is 5.58. The van der Waals surface area contributed by atoms with Crippen molar-refractivity contribution in [3.05, 3.63) is 34.1 Å². The maximum absolute atomic E-state index is 11.5. The van der Waals surface area contributed by atoms with Crippen LogP contribution in [0, 0.1) is 0 Å². The largest absolute Gasteiger partial charge is 0.462 e. The summed E-state index contributed by atoms with van der Waals surface area (Å²) >= 11 is 3.26. The quantitative estimate of drug-likeness (QED) is 0.371. The van der Waals surface area contributed by atoms with Crippen molar-refractivity contribution in [1.29, 1.82) is 0 Å². The van der Waals surface area contributed by atoms with E-state index in [0.717, 1.165) is 4.47 Å². The first-order valence-corrected chi connectivity index (χ1v) is 5.84. The van der Waals surface area contributed by atoms with Gasteiger partial charge in [0.05, 0.1) is 6.61 Å². The van der Waals surface area contributed by atoms with Gasteiger partial charge in [-0.15, -0.1) is 0 Å². The minimum absolute atomic E-state index is 0.0201. The summed E-state index contributed by atoms with van der Waals surface area (Å²) in [6.07, 6.45) is 4.65. The zero-order valence-electron chi connectivity index (χ0n) is 9.57. The Balaban J connectivity index is 3.06. The van der Waals surface area contributed by atoms with E-state index in [1.165, 1.54) is 13.0 Å². The van der Waals surface area contributed by atoms with Crippen molar-refractivity contribution in [2.24, 2.45) is 0 Å². The highest BCUT2D eigenvalue weighted by atomic mass is 79.9. The highest BCUT2D eigenvalue weighted by molar-refractivity contribution is 9.10. The maximum Gasteiger partial charge on any atom is 0.341 e. The van der Waals surface area contributed by atoms with Gasteiger partial charge in [0.25, 0.3) is 0 Å². The van der Waals surface area contributed by atoms with Crippen LogP contribution in [-0.2, 0) is 14.3 Å². The molecular weight excluding hydrogens is 286 g/mol. The Morgan fingerprint density at radius 1 is 1.47 bits per heavy atom. The molecule has 0 radical (unpaired) electrons. The summed E-state index contributed by atoms with van der Waals surface area (Å²) in [5, 5.41) is 0. The van der Waals surface area contributed by atoms with E-state index in [9.17, 15) is 9.59 Å². The number of Topliss-reactive ketones (excluding diaryl/α,β-unsaturated/α-hetero) is 1. The van der Waals surface area contributed by atoms with Crippen LogP contribution < -0.4 is 0 Å². The highest BCUT2D eigenvalue weighted by Gasteiger charge is 2.15. The van der Waals surface area contributed by atoms with Gasteiger partial charge in [0.2, 0.25) is 0 Å². The average molecular weight is 298 g/mol. The number of carbonyl (C=O) groups excluding carboxylic acids is 2. The molecule has 0 aliphatic rings. The SMILES string of the molecule is CCOC(=O)/C(=C\c1cncc(Br)c1)C(C)=O. The highest BCUT2D eigenvalue weighted by Crippen LogP contribution is 2.14. The van der Waals surface area contributed by atoms with Gasteiger partial charge < -0.3 is 4.74 Å². The lowest BCUT2D eigenvalue weighted by molar-refractivity contribution is -0.139. The van der Waals surface area contributed by atoms with Crippen molar-refractivity contribution in [1.82, 2.24) is 4.98 Å². The summed E-state index contributed by atoms with van der Waals surface area (Å²) in [6, 6.07) is 1.76. The lowest BCUT2D eigenvalue weighted by atomic mass is 10.1. The molecule has 0 aromatic carbocycles. The van der Waals surface area contributed by atoms with E-state index in [-0.39, 0.29) is 18.0 Å². The Bertz CT molecular complexity index is 469. The standard InChI is InChI=1S/C12H12BrNO3/c1-3-17-12(16)11(8(2)15)5-9-4-10(13)7-14-6-9/h4-7H,3H2,1-2H3/b11-5-. The first-order chi connectivity index (χ1) is 8.04. The van der Waals surface area contributed by atoms with Gasteiger partial charge in [-0.3, -0.25) is 9.78 Å². The number of halogens is 1. The van der Waals surface area contributed by atoms with Gasteiger partial charge in [-0.25, -0.2) is 4.79 Å². The maximum atomic E-state index is 11.5. The molecule has 17 heavy (non-hydrogen) atoms. The third kappa shape index (κ3) is 4.11. The summed E-state index contributed by atoms with van der Waals surface area (Å²) in [5.74, 6) is -0.941. The van der Waals surface area contributed by atoms with Gasteiger partial charge in [0.15, 0.2) is 5.78 Å². The summed E-state index contributed by atoms with van der Waals surface area (Å²) in [6.45, 7) is 3.25. The molecule has 0 bridgehead atoms. The molecular formula is C12H12BrNO3. The molecule has 0 aliphatic heterocycles. The fourth-order valence-corrected chi connectivity index (χ4v) is 1.57. The number of aromatic nitrogens is 1. The Kier molecular flexibility index (Phi) is 5.03. The van der Waals surface area contributed by atoms with Crippen molar-refractivity contribution >= 4 is 33.8 Å². The van der Waals surface area contributed by atoms with E-state index in [1.54, 1.807) is 25.4 Å². The number of pyridine rings is 1. The van der Waals surface area contributed by atoms with Crippen LogP contribution >= 0.6 is 15.9 Å². The van der Waals surface area contributed by atoms with Crippen LogP contribution in [0.4, 0.5) is 0 Å². The van der Waals surface area contributed by atoms with E-state index >= 15 is 0 Å². The van der Waals surface area contributed by atoms with Gasteiger partial charge in [-0.05, 0) is 47.5 Å². The number of ether oxygens (including phenoxy) is 1. The number of hydrogen-bond acceptors (Lipinski definition) is 4. The third-order valence-corrected chi connectivity index (χ3v) is 2.35. The van der Waals surface area contributed by atoms with Crippen LogP contribution in [0.1, 0.15) is 19.4 Å². The molecule has 1 aromatic rings. The summed E-state index contributed by atoms with van der Waals surface area (Å²) in [5.41, 5.74) is 0.685. The van der Waals surface area contributed by atoms with Gasteiger partial charge in [-0.1, -0.05) is 0 Å². The molecule has 0 unspecified atom stereocenters. The molecule has 5 heteroatoms. The second kappa shape index (κ2) is 6.30. The van der Waals surface area contributed by atoms with Crippen LogP contribution in [0.5, 0.6) is 0 Å². The smallest absolute Gasteiger partial charge is 0.341 e. The van der Waals surface area contributed by atoms with Crippen LogP contribution in [0.3, 0.4) is 0 Å². The van der Waals surface area contributed by atoms with Crippen LogP contribution in [0.2, 0.25) is 0 Å². The Labute approximate surface area is 108 Å². The normalized spacial score (nSPS) is 11.1. The number of carbonyl (C=O) groups is 2. The molecule has 0 aliphatic carbocycles. The fourth-order valence-electron chi connectivity index (χ4n) is 1.19. The monoisotopic (exact) mass is 297 g/mol. The number of ketones is 1. The molecule has 0 fully saturated rings. The van der Waals surface area contributed by atoms with E-state index in [1.807, 2.05) is 0 Å². The zero-order valence-corrected chi connectivity index (χ0v) is 11.2. The Hall–Kier alpha value is -1.49. The second-order valence-electron chi connectivity index (χ2n) is 3.27. The Morgan fingerprint density at radius 3 is 2.71 bits per heavy atom. The number of nitrogens with zero attached hydrogens (tertiary/aromatic N) is 1. The Morgan fingerprint density at radius 2 is 2.18 bits per heavy atom. The van der Waals surface area contributed by atoms with E-state index in [0.29, 0.717) is 5.56 Å². The number of rotatable bonds is 4. The van der Waals surface area contributed by atoms with E-state index < -0.39 is 5.97 Å². The molecule has 90 valence electrons. The lowest BCUT2D eigenvalue weighted by Crippen LogP contribution is -2.13. The van der Waals surface area contributed by atoms with Crippen LogP contribution in [0.15, 0.2) is 28.5 Å². The third-order valence-electron chi connectivity index (χ3n) is 1.91. The molecule has 0 spiro atoms. The van der Waals surface area contributed by atoms with E-state index in [4.69, 9.17) is 4.74 Å². The molecule has 1 rings (SSSR count). The van der Waals surface area contributed by atoms with Gasteiger partial charge in [0.1, 0.15) is 5.57 Å². The first kappa shape index (κ1) is 13.6. The van der Waals surface area contributed by atoms with Crippen molar-refractivity contribution in [3.8, 4) is 0 Å².